The van der Waals surface area contributed by atoms with Crippen molar-refractivity contribution in [1.82, 2.24) is 0 Å². The van der Waals surface area contributed by atoms with E-state index < -0.39 is 18.4 Å². The Morgan fingerprint density at radius 3 is 2.10 bits per heavy atom. The van der Waals surface area contributed by atoms with Crippen molar-refractivity contribution in [1.29, 1.82) is 0 Å². The first-order valence-corrected chi connectivity index (χ1v) is 11.7. The summed E-state index contributed by atoms with van der Waals surface area (Å²) in [5, 5.41) is 0.154. The van der Waals surface area contributed by atoms with Crippen molar-refractivity contribution < 1.29 is 17.4 Å². The van der Waals surface area contributed by atoms with E-state index in [0.29, 0.717) is 12.8 Å². The van der Waals surface area contributed by atoms with E-state index in [0.717, 1.165) is 11.3 Å². The minimum atomic E-state index is -3.86. The first-order chi connectivity index (χ1) is 9.41. The molecular formula is C15H26O4SSi. The van der Waals surface area contributed by atoms with Crippen molar-refractivity contribution in [2.45, 2.75) is 51.7 Å². The lowest BCUT2D eigenvalue weighted by Crippen LogP contribution is -2.43. The monoisotopic (exact) mass is 330 g/mol. The van der Waals surface area contributed by atoms with E-state index in [4.69, 9.17) is 8.98 Å². The Labute approximate surface area is 129 Å². The van der Waals surface area contributed by atoms with Crippen LogP contribution in [0.4, 0.5) is 0 Å². The largest absolute Gasteiger partial charge is 0.544 e. The Kier molecular flexibility index (Phi) is 5.63. The molecule has 0 radical (unpaired) electrons. The first kappa shape index (κ1) is 18.2. The van der Waals surface area contributed by atoms with E-state index in [1.807, 2.05) is 24.3 Å². The third kappa shape index (κ3) is 6.19. The summed E-state index contributed by atoms with van der Waals surface area (Å²) in [5.74, 6) is 0.662. The second-order valence-corrected chi connectivity index (χ2v) is 13.2. The van der Waals surface area contributed by atoms with Crippen LogP contribution in [0, 0.1) is 0 Å². The second-order valence-electron chi connectivity index (χ2n) is 6.90. The maximum absolute atomic E-state index is 10.7. The van der Waals surface area contributed by atoms with Gasteiger partial charge in [-0.15, -0.1) is 0 Å². The molecule has 0 aliphatic rings. The van der Waals surface area contributed by atoms with Gasteiger partial charge in [-0.2, -0.15) is 8.42 Å². The average Bonchev–Trinajstić information content (AvgIpc) is 2.28. The molecule has 0 heterocycles. The zero-order valence-corrected chi connectivity index (χ0v) is 15.3. The van der Waals surface area contributed by atoms with Gasteiger partial charge in [0.15, 0.2) is 0 Å². The lowest BCUT2D eigenvalue weighted by atomic mass is 10.1. The normalized spacial score (nSPS) is 13.2. The molecule has 0 aliphatic carbocycles. The molecule has 1 aromatic rings. The minimum absolute atomic E-state index is 0.154. The van der Waals surface area contributed by atoms with Crippen molar-refractivity contribution >= 4 is 18.4 Å². The molecule has 0 saturated carbocycles. The van der Waals surface area contributed by atoms with Crippen molar-refractivity contribution in [2.24, 2.45) is 0 Å². The zero-order chi connectivity index (χ0) is 16.3. The highest BCUT2D eigenvalue weighted by molar-refractivity contribution is 7.85. The molecule has 0 aliphatic heterocycles. The lowest BCUT2D eigenvalue weighted by molar-refractivity contribution is 0.481. The van der Waals surface area contributed by atoms with E-state index in [1.165, 1.54) is 0 Å². The van der Waals surface area contributed by atoms with Gasteiger partial charge in [-0.05, 0) is 48.7 Å². The van der Waals surface area contributed by atoms with E-state index in [9.17, 15) is 8.42 Å². The number of benzene rings is 1. The van der Waals surface area contributed by atoms with Crippen LogP contribution < -0.4 is 4.43 Å². The summed E-state index contributed by atoms with van der Waals surface area (Å²) in [7, 11) is -5.69. The molecule has 1 aromatic carbocycles. The molecule has 0 atom stereocenters. The highest BCUT2D eigenvalue weighted by atomic mass is 32.2. The maximum atomic E-state index is 10.7. The van der Waals surface area contributed by atoms with Crippen LogP contribution in [0.25, 0.3) is 0 Å². The van der Waals surface area contributed by atoms with E-state index in [-0.39, 0.29) is 10.8 Å². The van der Waals surface area contributed by atoms with Crippen LogP contribution in [-0.2, 0) is 16.5 Å². The van der Waals surface area contributed by atoms with Gasteiger partial charge in [0.25, 0.3) is 10.1 Å². The summed E-state index contributed by atoms with van der Waals surface area (Å²) in [6, 6.07) is 7.77. The molecule has 0 fully saturated rings. The van der Waals surface area contributed by atoms with Crippen LogP contribution in [-0.4, -0.2) is 27.0 Å². The molecule has 6 heteroatoms. The molecular weight excluding hydrogens is 304 g/mol. The fourth-order valence-electron chi connectivity index (χ4n) is 1.63. The number of rotatable bonds is 6. The van der Waals surface area contributed by atoms with Gasteiger partial charge < -0.3 is 4.43 Å². The Bertz CT molecular complexity index is 556. The zero-order valence-electron chi connectivity index (χ0n) is 13.5. The molecule has 1 rings (SSSR count). The summed E-state index contributed by atoms with van der Waals surface area (Å²) in [6.07, 6.45) is 1.04. The fraction of sp³-hybridized carbons (Fsp3) is 0.600. The van der Waals surface area contributed by atoms with Gasteiger partial charge in [-0.25, -0.2) is 0 Å². The van der Waals surface area contributed by atoms with Gasteiger partial charge in [0.2, 0.25) is 8.32 Å². The SMILES string of the molecule is CC(C)(C)[Si](C)(C)Oc1ccc(CCCS(=O)(=O)O)cc1. The van der Waals surface area contributed by atoms with E-state index in [2.05, 4.69) is 33.9 Å². The predicted molar refractivity (Wildman–Crippen MR) is 89.0 cm³/mol. The smallest absolute Gasteiger partial charge is 0.264 e. The third-order valence-electron chi connectivity index (χ3n) is 3.97. The summed E-state index contributed by atoms with van der Waals surface area (Å²) < 4.78 is 36.2. The van der Waals surface area contributed by atoms with Crippen molar-refractivity contribution in [3.8, 4) is 5.75 Å². The molecule has 120 valence electrons. The molecule has 0 saturated heterocycles. The summed E-state index contributed by atoms with van der Waals surface area (Å²) >= 11 is 0. The Hall–Kier alpha value is -0.853. The second kappa shape index (κ2) is 6.50. The maximum Gasteiger partial charge on any atom is 0.264 e. The molecule has 1 N–H and O–H groups in total. The van der Waals surface area contributed by atoms with Crippen LogP contribution in [0.2, 0.25) is 18.1 Å². The van der Waals surface area contributed by atoms with Crippen molar-refractivity contribution in [3.05, 3.63) is 29.8 Å². The summed E-state index contributed by atoms with van der Waals surface area (Å²) in [5.41, 5.74) is 1.04. The third-order valence-corrected chi connectivity index (χ3v) is 9.13. The van der Waals surface area contributed by atoms with Crippen LogP contribution in [0.1, 0.15) is 32.8 Å². The number of hydrogen-bond acceptors (Lipinski definition) is 3. The topological polar surface area (TPSA) is 63.6 Å². The molecule has 4 nitrogen and oxygen atoms in total. The van der Waals surface area contributed by atoms with Gasteiger partial charge >= 0.3 is 0 Å². The van der Waals surface area contributed by atoms with E-state index in [1.54, 1.807) is 0 Å². The lowest BCUT2D eigenvalue weighted by Gasteiger charge is -2.36. The highest BCUT2D eigenvalue weighted by Crippen LogP contribution is 2.37. The summed E-state index contributed by atoms with van der Waals surface area (Å²) in [4.78, 5) is 0. The van der Waals surface area contributed by atoms with Crippen LogP contribution in [0.3, 0.4) is 0 Å². The Morgan fingerprint density at radius 2 is 1.67 bits per heavy atom. The molecule has 0 bridgehead atoms. The predicted octanol–water partition coefficient (Wildman–Crippen LogP) is 3.89. The Morgan fingerprint density at radius 1 is 1.14 bits per heavy atom. The van der Waals surface area contributed by atoms with Crippen molar-refractivity contribution in [3.63, 3.8) is 0 Å². The standard InChI is InChI=1S/C15H26O4SSi/c1-15(2,3)21(4,5)19-14-10-8-13(9-11-14)7-6-12-20(16,17)18/h8-11H,6-7,12H2,1-5H3,(H,16,17,18). The highest BCUT2D eigenvalue weighted by Gasteiger charge is 2.38. The fourth-order valence-corrected chi connectivity index (χ4v) is 3.17. The van der Waals surface area contributed by atoms with Crippen molar-refractivity contribution in [2.75, 3.05) is 5.75 Å². The molecule has 0 unspecified atom stereocenters. The molecule has 0 aromatic heterocycles. The van der Waals surface area contributed by atoms with E-state index >= 15 is 0 Å². The van der Waals surface area contributed by atoms with Crippen LogP contribution in [0.15, 0.2) is 24.3 Å². The van der Waals surface area contributed by atoms with Crippen LogP contribution >= 0.6 is 0 Å². The molecule has 0 spiro atoms. The first-order valence-electron chi connectivity index (χ1n) is 7.14. The van der Waals surface area contributed by atoms with Gasteiger partial charge in [0.1, 0.15) is 5.75 Å². The quantitative estimate of drug-likeness (QED) is 0.635. The summed E-state index contributed by atoms with van der Waals surface area (Å²) in [6.45, 7) is 11.0. The van der Waals surface area contributed by atoms with Gasteiger partial charge in [-0.3, -0.25) is 4.55 Å². The number of hydrogen-bond donors (Lipinski definition) is 1. The van der Waals surface area contributed by atoms with Gasteiger partial charge in [0, 0.05) is 0 Å². The van der Waals surface area contributed by atoms with Crippen LogP contribution in [0.5, 0.6) is 5.75 Å². The molecule has 0 amide bonds. The average molecular weight is 331 g/mol. The van der Waals surface area contributed by atoms with Gasteiger partial charge in [0.05, 0.1) is 5.75 Å². The van der Waals surface area contributed by atoms with Gasteiger partial charge in [-0.1, -0.05) is 32.9 Å². The molecule has 21 heavy (non-hydrogen) atoms. The Balaban J connectivity index is 2.63. The minimum Gasteiger partial charge on any atom is -0.544 e. The number of aryl methyl sites for hydroxylation is 1.